The summed E-state index contributed by atoms with van der Waals surface area (Å²) in [5.41, 5.74) is 9.38. The lowest BCUT2D eigenvalue weighted by Crippen LogP contribution is -2.37. The number of urea groups is 2. The fourth-order valence-electron chi connectivity index (χ4n) is 7.78. The van der Waals surface area contributed by atoms with Gasteiger partial charge in [-0.05, 0) is 82.6 Å². The molecule has 16 heteroatoms. The van der Waals surface area contributed by atoms with E-state index in [1.54, 1.807) is 53.8 Å². The molecule has 4 aromatic rings. The first-order valence-corrected chi connectivity index (χ1v) is 22.9. The molecule has 0 saturated heterocycles. The quantitative estimate of drug-likeness (QED) is 0.103. The summed E-state index contributed by atoms with van der Waals surface area (Å²) in [6.45, 7) is 7.33. The summed E-state index contributed by atoms with van der Waals surface area (Å²) < 4.78 is 0. The third-order valence-electron chi connectivity index (χ3n) is 11.1. The topological polar surface area (TPSA) is 156 Å². The first-order valence-electron chi connectivity index (χ1n) is 20.4. The van der Waals surface area contributed by atoms with Gasteiger partial charge in [0.1, 0.15) is 0 Å². The van der Waals surface area contributed by atoms with Crippen molar-refractivity contribution in [3.63, 3.8) is 0 Å². The van der Waals surface area contributed by atoms with Crippen molar-refractivity contribution in [1.29, 1.82) is 0 Å². The highest BCUT2D eigenvalue weighted by atomic mass is 33.1. The van der Waals surface area contributed by atoms with Crippen molar-refractivity contribution < 1.29 is 19.2 Å². The van der Waals surface area contributed by atoms with Gasteiger partial charge in [0.15, 0.2) is 0 Å². The molecule has 0 spiro atoms. The lowest BCUT2D eigenvalue weighted by atomic mass is 9.93. The third kappa shape index (κ3) is 9.65. The number of fused-ring (bicyclic) bond motifs is 2. The number of benzene rings is 2. The SMILES string of the molecule is CC1CC(=O)N(CCCSSCCCN2N=C(c3ccc(NC(=O)N4Cc5ccncc5C4)cc3)C(C)CC2=O)N=C1c1ccc(NC(=O)N2Cc3ccncc3C2)cc1. The number of anilines is 2. The van der Waals surface area contributed by atoms with Gasteiger partial charge in [0.05, 0.1) is 11.4 Å². The predicted octanol–water partition coefficient (Wildman–Crippen LogP) is 7.58. The Morgan fingerprint density at radius 3 is 1.40 bits per heavy atom. The lowest BCUT2D eigenvalue weighted by molar-refractivity contribution is -0.133. The van der Waals surface area contributed by atoms with Crippen molar-refractivity contribution in [2.45, 2.75) is 65.7 Å². The second-order valence-electron chi connectivity index (χ2n) is 15.6. The number of hydrazone groups is 2. The van der Waals surface area contributed by atoms with E-state index < -0.39 is 0 Å². The fourth-order valence-corrected chi connectivity index (χ4v) is 9.92. The van der Waals surface area contributed by atoms with Crippen molar-refractivity contribution in [3.05, 3.63) is 119 Å². The average molecular weight is 845 g/mol. The van der Waals surface area contributed by atoms with Gasteiger partial charge in [0.25, 0.3) is 0 Å². The van der Waals surface area contributed by atoms with Gasteiger partial charge in [-0.1, -0.05) is 59.7 Å². The van der Waals surface area contributed by atoms with E-state index in [-0.39, 0.29) is 35.7 Å². The van der Waals surface area contributed by atoms with Crippen LogP contribution in [0.5, 0.6) is 0 Å². The molecule has 2 atom stereocenters. The maximum Gasteiger partial charge on any atom is 0.322 e. The van der Waals surface area contributed by atoms with Crippen molar-refractivity contribution in [1.82, 2.24) is 29.8 Å². The maximum absolute atomic E-state index is 12.9. The maximum atomic E-state index is 12.9. The van der Waals surface area contributed by atoms with Crippen LogP contribution in [0.15, 0.2) is 95.7 Å². The van der Waals surface area contributed by atoms with E-state index in [9.17, 15) is 19.2 Å². The molecule has 4 aliphatic rings. The van der Waals surface area contributed by atoms with Gasteiger partial charge in [-0.25, -0.2) is 19.6 Å². The van der Waals surface area contributed by atoms with Gasteiger partial charge >= 0.3 is 12.1 Å². The van der Waals surface area contributed by atoms with E-state index in [4.69, 9.17) is 10.2 Å². The standard InChI is InChI=1S/C44H48N10O4S2/c1-29-21-39(55)53(49-41(29)31-5-9-37(10-6-31)47-43(57)51-25-33-13-15-45-23-35(33)27-51)17-3-19-59-60-20-4-18-54-40(56)22-30(2)42(50-54)32-7-11-38(12-8-32)48-44(58)52-26-34-14-16-46-24-36(34)28-52/h5-16,23-24,29-30H,3-4,17-22,25-28H2,1-2H3,(H,47,57)(H,48,58). The molecular formula is C44H48N10O4S2. The van der Waals surface area contributed by atoms with Crippen molar-refractivity contribution in [3.8, 4) is 0 Å². The molecule has 8 rings (SSSR count). The zero-order valence-electron chi connectivity index (χ0n) is 33.8. The second kappa shape index (κ2) is 18.7. The number of pyridine rings is 2. The molecule has 6 amide bonds. The van der Waals surface area contributed by atoms with E-state index in [1.165, 1.54) is 0 Å². The van der Waals surface area contributed by atoms with E-state index >= 15 is 0 Å². The minimum Gasteiger partial charge on any atom is -0.316 e. The molecule has 2 unspecified atom stereocenters. The summed E-state index contributed by atoms with van der Waals surface area (Å²) in [7, 11) is 3.52. The normalized spacial score (nSPS) is 18.6. The van der Waals surface area contributed by atoms with E-state index in [0.29, 0.717) is 63.5 Å². The predicted molar refractivity (Wildman–Crippen MR) is 236 cm³/mol. The molecule has 6 heterocycles. The Kier molecular flexibility index (Phi) is 12.8. The molecule has 0 bridgehead atoms. The van der Waals surface area contributed by atoms with Crippen LogP contribution in [0.1, 0.15) is 72.9 Å². The first kappa shape index (κ1) is 41.0. The Bertz CT molecular complexity index is 2090. The van der Waals surface area contributed by atoms with Crippen LogP contribution in [0, 0.1) is 11.8 Å². The highest BCUT2D eigenvalue weighted by Gasteiger charge is 2.29. The van der Waals surface area contributed by atoms with Crippen LogP contribution >= 0.6 is 21.6 Å². The molecular weight excluding hydrogens is 797 g/mol. The number of aromatic nitrogens is 2. The number of hydrogen-bond acceptors (Lipinski definition) is 10. The smallest absolute Gasteiger partial charge is 0.316 e. The zero-order chi connectivity index (χ0) is 41.6. The molecule has 60 heavy (non-hydrogen) atoms. The monoisotopic (exact) mass is 844 g/mol. The Balaban J connectivity index is 0.749. The van der Waals surface area contributed by atoms with Crippen LogP contribution in [0.3, 0.4) is 0 Å². The Morgan fingerprint density at radius 1 is 0.600 bits per heavy atom. The van der Waals surface area contributed by atoms with Gasteiger partial charge in [-0.3, -0.25) is 19.6 Å². The molecule has 0 radical (unpaired) electrons. The zero-order valence-corrected chi connectivity index (χ0v) is 35.4. The Morgan fingerprint density at radius 2 is 1.00 bits per heavy atom. The number of nitrogens with one attached hydrogen (secondary N) is 2. The highest BCUT2D eigenvalue weighted by Crippen LogP contribution is 2.28. The second-order valence-corrected chi connectivity index (χ2v) is 18.3. The number of rotatable bonds is 13. The first-order chi connectivity index (χ1) is 29.2. The Hall–Kier alpha value is -5.74. The number of amides is 6. The number of nitrogens with zero attached hydrogens (tertiary/aromatic N) is 8. The van der Waals surface area contributed by atoms with Gasteiger partial charge < -0.3 is 20.4 Å². The molecule has 2 N–H and O–H groups in total. The number of carbonyl (C=O) groups excluding carboxylic acids is 4. The van der Waals surface area contributed by atoms with E-state index in [1.807, 2.05) is 86.9 Å². The summed E-state index contributed by atoms with van der Waals surface area (Å²) >= 11 is 0. The highest BCUT2D eigenvalue weighted by molar-refractivity contribution is 8.76. The summed E-state index contributed by atoms with van der Waals surface area (Å²) in [6, 6.07) is 18.9. The van der Waals surface area contributed by atoms with Crippen molar-refractivity contribution >= 4 is 68.3 Å². The molecule has 310 valence electrons. The van der Waals surface area contributed by atoms with E-state index in [0.717, 1.165) is 69.2 Å². The van der Waals surface area contributed by atoms with Crippen LogP contribution in [0.2, 0.25) is 0 Å². The summed E-state index contributed by atoms with van der Waals surface area (Å²) in [6.07, 6.45) is 9.53. The van der Waals surface area contributed by atoms with Crippen LogP contribution < -0.4 is 10.6 Å². The van der Waals surface area contributed by atoms with Crippen LogP contribution in [-0.4, -0.2) is 89.7 Å². The number of hydrogen-bond donors (Lipinski definition) is 2. The van der Waals surface area contributed by atoms with Gasteiger partial charge in [-0.2, -0.15) is 10.2 Å². The molecule has 0 aliphatic carbocycles. The van der Waals surface area contributed by atoms with Gasteiger partial charge in [0, 0.05) is 112 Å². The van der Waals surface area contributed by atoms with Gasteiger partial charge in [-0.15, -0.1) is 0 Å². The fraction of sp³-hybridized carbons (Fsp3) is 0.364. The molecule has 0 fully saturated rings. The van der Waals surface area contributed by atoms with Crippen molar-refractivity contribution in [2.75, 3.05) is 35.2 Å². The van der Waals surface area contributed by atoms with Gasteiger partial charge in [0.2, 0.25) is 11.8 Å². The van der Waals surface area contributed by atoms with E-state index in [2.05, 4.69) is 20.6 Å². The largest absolute Gasteiger partial charge is 0.322 e. The third-order valence-corrected chi connectivity index (χ3v) is 13.7. The van der Waals surface area contributed by atoms with Crippen LogP contribution in [0.4, 0.5) is 21.0 Å². The summed E-state index contributed by atoms with van der Waals surface area (Å²) in [5, 5.41) is 18.7. The summed E-state index contributed by atoms with van der Waals surface area (Å²) in [5.74, 6) is 1.77. The van der Waals surface area contributed by atoms with Crippen LogP contribution in [0.25, 0.3) is 0 Å². The molecule has 14 nitrogen and oxygen atoms in total. The molecule has 2 aromatic heterocycles. The van der Waals surface area contributed by atoms with Crippen LogP contribution in [-0.2, 0) is 35.8 Å². The minimum atomic E-state index is -0.155. The molecule has 2 aromatic carbocycles. The van der Waals surface area contributed by atoms with Crippen molar-refractivity contribution in [2.24, 2.45) is 22.0 Å². The molecule has 0 saturated carbocycles. The number of carbonyl (C=O) groups is 4. The lowest BCUT2D eigenvalue weighted by Gasteiger charge is -2.28. The molecule has 4 aliphatic heterocycles. The minimum absolute atomic E-state index is 0.0103. The average Bonchev–Trinajstić information content (AvgIpc) is 3.89. The summed E-state index contributed by atoms with van der Waals surface area (Å²) in [4.78, 5) is 63.5. The Labute approximate surface area is 357 Å².